The Morgan fingerprint density at radius 2 is 1.47 bits per heavy atom. The van der Waals surface area contributed by atoms with Crippen LogP contribution in [-0.2, 0) is 14.3 Å². The van der Waals surface area contributed by atoms with Gasteiger partial charge in [-0.3, -0.25) is 4.79 Å². The van der Waals surface area contributed by atoms with E-state index in [4.69, 9.17) is 9.47 Å². The fraction of sp³-hybridized carbons (Fsp3) is 0.357. The summed E-state index contributed by atoms with van der Waals surface area (Å²) >= 11 is 0. The number of ether oxygens (including phenoxy) is 2. The lowest BCUT2D eigenvalue weighted by molar-refractivity contribution is -0.121. The van der Waals surface area contributed by atoms with E-state index in [1.54, 1.807) is 26.0 Å². The van der Waals surface area contributed by atoms with E-state index in [-0.39, 0.29) is 30.1 Å². The van der Waals surface area contributed by atoms with E-state index in [1.165, 1.54) is 12.1 Å². The van der Waals surface area contributed by atoms with Crippen LogP contribution in [0.2, 0.25) is 0 Å². The minimum Gasteiger partial charge on any atom is -0.462 e. The third-order valence-corrected chi connectivity index (χ3v) is 2.40. The predicted molar refractivity (Wildman–Crippen MR) is 68.0 cm³/mol. The summed E-state index contributed by atoms with van der Waals surface area (Å²) in [6.45, 7) is 3.30. The van der Waals surface area contributed by atoms with Gasteiger partial charge in [-0.1, -0.05) is 19.1 Å². The summed E-state index contributed by atoms with van der Waals surface area (Å²) in [4.78, 5) is 34.6. The Kier molecular flexibility index (Phi) is 5.73. The first-order valence-corrected chi connectivity index (χ1v) is 6.05. The zero-order valence-electron chi connectivity index (χ0n) is 11.0. The third-order valence-electron chi connectivity index (χ3n) is 2.40. The first-order valence-electron chi connectivity index (χ1n) is 6.05. The maximum absolute atomic E-state index is 11.8. The maximum Gasteiger partial charge on any atom is 0.339 e. The van der Waals surface area contributed by atoms with Crippen LogP contribution < -0.4 is 0 Å². The van der Waals surface area contributed by atoms with Gasteiger partial charge in [0.1, 0.15) is 6.61 Å². The molecule has 0 radical (unpaired) electrons. The number of ketones is 1. The van der Waals surface area contributed by atoms with Crippen molar-refractivity contribution >= 4 is 17.7 Å². The van der Waals surface area contributed by atoms with Crippen molar-refractivity contribution in [3.05, 3.63) is 35.4 Å². The number of carbonyl (C=O) groups is 3. The zero-order chi connectivity index (χ0) is 14.3. The molecule has 0 spiro atoms. The van der Waals surface area contributed by atoms with Crippen LogP contribution in [0.4, 0.5) is 0 Å². The molecule has 0 aliphatic carbocycles. The largest absolute Gasteiger partial charge is 0.462 e. The van der Waals surface area contributed by atoms with Crippen molar-refractivity contribution in [3.63, 3.8) is 0 Å². The molecular formula is C14H16O5. The highest BCUT2D eigenvalue weighted by molar-refractivity contribution is 6.03. The average Bonchev–Trinajstić information content (AvgIpc) is 2.44. The third kappa shape index (κ3) is 4.21. The molecule has 0 fully saturated rings. The van der Waals surface area contributed by atoms with E-state index in [2.05, 4.69) is 0 Å². The smallest absolute Gasteiger partial charge is 0.339 e. The van der Waals surface area contributed by atoms with Gasteiger partial charge in [0.05, 0.1) is 17.7 Å². The topological polar surface area (TPSA) is 69.7 Å². The van der Waals surface area contributed by atoms with Crippen molar-refractivity contribution in [2.75, 3.05) is 13.2 Å². The summed E-state index contributed by atoms with van der Waals surface area (Å²) < 4.78 is 9.71. The zero-order valence-corrected chi connectivity index (χ0v) is 11.0. The SMILES string of the molecule is CCOC(=O)c1ccccc1C(=O)OCC(=O)CC. The second-order valence-corrected chi connectivity index (χ2v) is 3.73. The molecule has 19 heavy (non-hydrogen) atoms. The van der Waals surface area contributed by atoms with E-state index < -0.39 is 11.9 Å². The van der Waals surface area contributed by atoms with E-state index in [0.29, 0.717) is 6.42 Å². The van der Waals surface area contributed by atoms with Crippen molar-refractivity contribution < 1.29 is 23.9 Å². The number of carbonyl (C=O) groups excluding carboxylic acids is 3. The van der Waals surface area contributed by atoms with Crippen LogP contribution in [-0.4, -0.2) is 30.9 Å². The van der Waals surface area contributed by atoms with Gasteiger partial charge in [-0.2, -0.15) is 0 Å². The number of esters is 2. The van der Waals surface area contributed by atoms with Crippen molar-refractivity contribution in [1.82, 2.24) is 0 Å². The van der Waals surface area contributed by atoms with Crippen LogP contribution in [0.25, 0.3) is 0 Å². The molecule has 0 amide bonds. The Bertz CT molecular complexity index is 478. The summed E-state index contributed by atoms with van der Waals surface area (Å²) in [5, 5.41) is 0. The van der Waals surface area contributed by atoms with E-state index in [9.17, 15) is 14.4 Å². The highest BCUT2D eigenvalue weighted by Crippen LogP contribution is 2.12. The normalized spacial score (nSPS) is 9.79. The lowest BCUT2D eigenvalue weighted by Gasteiger charge is -2.08. The quantitative estimate of drug-likeness (QED) is 0.735. The molecule has 0 saturated carbocycles. The molecule has 1 rings (SSSR count). The second-order valence-electron chi connectivity index (χ2n) is 3.73. The molecule has 5 nitrogen and oxygen atoms in total. The molecule has 0 N–H and O–H groups in total. The standard InChI is InChI=1S/C14H16O5/c1-3-10(15)9-19-14(17)12-8-6-5-7-11(12)13(16)18-4-2/h5-8H,3-4,9H2,1-2H3. The van der Waals surface area contributed by atoms with Gasteiger partial charge in [-0.15, -0.1) is 0 Å². The number of rotatable bonds is 6. The van der Waals surface area contributed by atoms with Gasteiger partial charge >= 0.3 is 11.9 Å². The van der Waals surface area contributed by atoms with Gasteiger partial charge in [-0.25, -0.2) is 9.59 Å². The Morgan fingerprint density at radius 1 is 0.947 bits per heavy atom. The predicted octanol–water partition coefficient (Wildman–Crippen LogP) is 2.00. The Balaban J connectivity index is 2.84. The minimum absolute atomic E-state index is 0.102. The fourth-order valence-electron chi connectivity index (χ4n) is 1.37. The molecule has 0 heterocycles. The van der Waals surface area contributed by atoms with Crippen molar-refractivity contribution in [3.8, 4) is 0 Å². The fourth-order valence-corrected chi connectivity index (χ4v) is 1.37. The number of hydrogen-bond acceptors (Lipinski definition) is 5. The lowest BCUT2D eigenvalue weighted by atomic mass is 10.1. The molecule has 0 bridgehead atoms. The molecule has 0 saturated heterocycles. The molecule has 0 aliphatic rings. The average molecular weight is 264 g/mol. The van der Waals surface area contributed by atoms with Gasteiger partial charge in [-0.05, 0) is 19.1 Å². The van der Waals surface area contributed by atoms with Crippen LogP contribution in [0, 0.1) is 0 Å². The molecule has 5 heteroatoms. The molecular weight excluding hydrogens is 248 g/mol. The lowest BCUT2D eigenvalue weighted by Crippen LogP contribution is -2.17. The van der Waals surface area contributed by atoms with Crippen LogP contribution in [0.1, 0.15) is 41.0 Å². The number of Topliss-reactive ketones (excluding diaryl/α,β-unsaturated/α-hetero) is 1. The van der Waals surface area contributed by atoms with Gasteiger partial charge in [0.15, 0.2) is 5.78 Å². The summed E-state index contributed by atoms with van der Waals surface area (Å²) in [5.41, 5.74) is 0.239. The molecule has 102 valence electrons. The second kappa shape index (κ2) is 7.31. The van der Waals surface area contributed by atoms with Crippen LogP contribution in [0.3, 0.4) is 0 Å². The first kappa shape index (κ1) is 14.9. The molecule has 1 aromatic rings. The van der Waals surface area contributed by atoms with E-state index in [0.717, 1.165) is 0 Å². The van der Waals surface area contributed by atoms with Gasteiger partial charge < -0.3 is 9.47 Å². The number of hydrogen-bond donors (Lipinski definition) is 0. The molecule has 0 aromatic heterocycles. The molecule has 1 aromatic carbocycles. The Hall–Kier alpha value is -2.17. The van der Waals surface area contributed by atoms with Crippen molar-refractivity contribution in [1.29, 1.82) is 0 Å². The van der Waals surface area contributed by atoms with Gasteiger partial charge in [0.2, 0.25) is 0 Å². The van der Waals surface area contributed by atoms with E-state index >= 15 is 0 Å². The van der Waals surface area contributed by atoms with E-state index in [1.807, 2.05) is 0 Å². The summed E-state index contributed by atoms with van der Waals surface area (Å²) in [6.07, 6.45) is 0.298. The number of benzene rings is 1. The van der Waals surface area contributed by atoms with Crippen LogP contribution in [0.15, 0.2) is 24.3 Å². The molecule has 0 unspecified atom stereocenters. The highest BCUT2D eigenvalue weighted by Gasteiger charge is 2.19. The summed E-state index contributed by atoms with van der Waals surface area (Å²) in [6, 6.07) is 6.18. The van der Waals surface area contributed by atoms with Crippen LogP contribution in [0.5, 0.6) is 0 Å². The monoisotopic (exact) mass is 264 g/mol. The molecule has 0 atom stereocenters. The summed E-state index contributed by atoms with van der Waals surface area (Å²) in [5.74, 6) is -1.47. The van der Waals surface area contributed by atoms with Crippen molar-refractivity contribution in [2.45, 2.75) is 20.3 Å². The Labute approximate surface area is 111 Å². The van der Waals surface area contributed by atoms with Crippen LogP contribution >= 0.6 is 0 Å². The Morgan fingerprint density at radius 3 is 1.95 bits per heavy atom. The first-order chi connectivity index (χ1) is 9.10. The molecule has 0 aliphatic heterocycles. The highest BCUT2D eigenvalue weighted by atomic mass is 16.5. The van der Waals surface area contributed by atoms with Crippen molar-refractivity contribution in [2.24, 2.45) is 0 Å². The minimum atomic E-state index is -0.703. The maximum atomic E-state index is 11.8. The summed E-state index contributed by atoms with van der Waals surface area (Å²) in [7, 11) is 0. The van der Waals surface area contributed by atoms with Gasteiger partial charge in [0.25, 0.3) is 0 Å². The van der Waals surface area contributed by atoms with Gasteiger partial charge in [0, 0.05) is 6.42 Å².